The molecule has 0 radical (unpaired) electrons. The molecular weight excluding hydrogens is 308 g/mol. The Labute approximate surface area is 154 Å². The molecule has 2 aliphatic rings. The van der Waals surface area contributed by atoms with Gasteiger partial charge in [0.2, 0.25) is 0 Å². The van der Waals surface area contributed by atoms with Gasteiger partial charge in [-0.1, -0.05) is 57.4 Å². The molecule has 5 N–H and O–H groups in total. The predicted molar refractivity (Wildman–Crippen MR) is 107 cm³/mol. The molecule has 1 aliphatic carbocycles. The summed E-state index contributed by atoms with van der Waals surface area (Å²) in [7, 11) is 0. The van der Waals surface area contributed by atoms with Gasteiger partial charge in [0, 0.05) is 6.54 Å². The van der Waals surface area contributed by atoms with Crippen molar-refractivity contribution in [3.8, 4) is 0 Å². The lowest BCUT2D eigenvalue weighted by Gasteiger charge is -2.19. The molecule has 0 aromatic rings. The van der Waals surface area contributed by atoms with Crippen molar-refractivity contribution in [3.63, 3.8) is 0 Å². The van der Waals surface area contributed by atoms with Crippen molar-refractivity contribution >= 4 is 5.84 Å². The molecule has 4 heteroatoms. The van der Waals surface area contributed by atoms with Crippen LogP contribution in [0.3, 0.4) is 0 Å². The largest absolute Gasteiger partial charge is 0.382 e. The average Bonchev–Trinajstić information content (AvgIpc) is 2.70. The van der Waals surface area contributed by atoms with Crippen LogP contribution < -0.4 is 16.6 Å². The van der Waals surface area contributed by atoms with E-state index in [1.165, 1.54) is 88.2 Å². The van der Waals surface area contributed by atoms with Crippen molar-refractivity contribution in [3.05, 3.63) is 22.9 Å². The Morgan fingerprint density at radius 3 is 2.12 bits per heavy atom. The zero-order chi connectivity index (χ0) is 17.7. The van der Waals surface area contributed by atoms with Crippen molar-refractivity contribution < 1.29 is 0 Å². The maximum atomic E-state index is 8.09. The minimum atomic E-state index is 0.164. The maximum Gasteiger partial charge on any atom is 0.140 e. The van der Waals surface area contributed by atoms with Gasteiger partial charge in [0.1, 0.15) is 5.84 Å². The number of hydrogen-bond acceptors (Lipinski definition) is 3. The number of hydrogen-bond donors (Lipinski definition) is 4. The van der Waals surface area contributed by atoms with E-state index in [1.807, 2.05) is 0 Å². The van der Waals surface area contributed by atoms with E-state index in [0.29, 0.717) is 0 Å². The second kappa shape index (κ2) is 12.1. The Balaban J connectivity index is 2.22. The zero-order valence-electron chi connectivity index (χ0n) is 16.0. The lowest BCUT2D eigenvalue weighted by molar-refractivity contribution is 0.554. The number of hydrazine groups is 1. The predicted octanol–water partition coefficient (Wildman–Crippen LogP) is 5.08. The van der Waals surface area contributed by atoms with Gasteiger partial charge >= 0.3 is 0 Å². The van der Waals surface area contributed by atoms with Gasteiger partial charge in [-0.2, -0.15) is 0 Å². The van der Waals surface area contributed by atoms with Crippen molar-refractivity contribution in [2.45, 2.75) is 96.3 Å². The lowest BCUT2D eigenvalue weighted by atomic mass is 9.92. The Kier molecular flexibility index (Phi) is 9.71. The quantitative estimate of drug-likeness (QED) is 0.416. The smallest absolute Gasteiger partial charge is 0.140 e. The summed E-state index contributed by atoms with van der Waals surface area (Å²) in [6, 6.07) is 0. The SMILES string of the molecule is N=C(N)C1=C(C2=CCCCCCCCCC2)CCCCCCCNN1. The number of allylic oxidation sites excluding steroid dienone is 3. The van der Waals surface area contributed by atoms with Crippen molar-refractivity contribution in [2.24, 2.45) is 5.73 Å². The van der Waals surface area contributed by atoms with E-state index in [9.17, 15) is 0 Å². The first kappa shape index (κ1) is 20.0. The van der Waals surface area contributed by atoms with E-state index in [-0.39, 0.29) is 5.84 Å². The zero-order valence-corrected chi connectivity index (χ0v) is 16.0. The Bertz CT molecular complexity index is 465. The van der Waals surface area contributed by atoms with Crippen molar-refractivity contribution in [1.29, 1.82) is 5.41 Å². The van der Waals surface area contributed by atoms with E-state index in [4.69, 9.17) is 11.1 Å². The standard InChI is InChI=1S/C21H38N4/c22-21(23)20-19(16-12-8-5-9-13-17-24-25-20)18-14-10-6-3-1-2-4-7-11-15-18/h14,24-25H,1-13,15-17H2,(H3,22,23). The molecule has 0 unspecified atom stereocenters. The second-order valence-electron chi connectivity index (χ2n) is 7.58. The average molecular weight is 347 g/mol. The van der Waals surface area contributed by atoms with Crippen LogP contribution >= 0.6 is 0 Å². The van der Waals surface area contributed by atoms with Gasteiger partial charge < -0.3 is 11.2 Å². The molecule has 0 atom stereocenters. The van der Waals surface area contributed by atoms with Crippen LogP contribution in [-0.4, -0.2) is 12.4 Å². The van der Waals surface area contributed by atoms with Gasteiger partial charge in [-0.05, 0) is 56.1 Å². The summed E-state index contributed by atoms with van der Waals surface area (Å²) in [6.45, 7) is 0.934. The first-order valence-corrected chi connectivity index (χ1v) is 10.5. The van der Waals surface area contributed by atoms with E-state index >= 15 is 0 Å². The maximum absolute atomic E-state index is 8.09. The summed E-state index contributed by atoms with van der Waals surface area (Å²) in [6.07, 6.45) is 21.4. The highest BCUT2D eigenvalue weighted by Crippen LogP contribution is 2.28. The molecule has 1 aliphatic heterocycles. The summed E-state index contributed by atoms with van der Waals surface area (Å²) >= 11 is 0. The lowest BCUT2D eigenvalue weighted by Crippen LogP contribution is -2.38. The number of rotatable bonds is 2. The molecule has 142 valence electrons. The highest BCUT2D eigenvalue weighted by atomic mass is 15.4. The van der Waals surface area contributed by atoms with Crippen LogP contribution in [0.2, 0.25) is 0 Å². The molecule has 0 saturated carbocycles. The fourth-order valence-corrected chi connectivity index (χ4v) is 3.94. The van der Waals surface area contributed by atoms with Gasteiger partial charge in [-0.25, -0.2) is 5.43 Å². The first-order valence-electron chi connectivity index (χ1n) is 10.5. The second-order valence-corrected chi connectivity index (χ2v) is 7.58. The third-order valence-electron chi connectivity index (χ3n) is 5.44. The molecule has 0 fully saturated rings. The number of nitrogens with one attached hydrogen (secondary N) is 3. The summed E-state index contributed by atoms with van der Waals surface area (Å²) in [5, 5.41) is 8.09. The summed E-state index contributed by atoms with van der Waals surface area (Å²) in [5.41, 5.74) is 16.1. The van der Waals surface area contributed by atoms with Gasteiger partial charge in [-0.3, -0.25) is 5.41 Å². The van der Waals surface area contributed by atoms with E-state index in [0.717, 1.165) is 31.5 Å². The fourth-order valence-electron chi connectivity index (χ4n) is 3.94. The molecule has 0 amide bonds. The van der Waals surface area contributed by atoms with Crippen LogP contribution in [0.15, 0.2) is 22.9 Å². The van der Waals surface area contributed by atoms with Crippen LogP contribution in [0, 0.1) is 5.41 Å². The van der Waals surface area contributed by atoms with Crippen molar-refractivity contribution in [2.75, 3.05) is 6.54 Å². The minimum Gasteiger partial charge on any atom is -0.382 e. The van der Waals surface area contributed by atoms with Crippen LogP contribution in [0.5, 0.6) is 0 Å². The van der Waals surface area contributed by atoms with E-state index in [2.05, 4.69) is 16.9 Å². The summed E-state index contributed by atoms with van der Waals surface area (Å²) < 4.78 is 0. The fraction of sp³-hybridized carbons (Fsp3) is 0.762. The molecule has 0 aromatic heterocycles. The summed E-state index contributed by atoms with van der Waals surface area (Å²) in [5.74, 6) is 0.164. The first-order chi connectivity index (χ1) is 12.3. The number of amidine groups is 1. The van der Waals surface area contributed by atoms with Gasteiger partial charge in [0.05, 0.1) is 5.70 Å². The normalized spacial score (nSPS) is 22.8. The third kappa shape index (κ3) is 7.64. The Hall–Kier alpha value is -1.29. The molecule has 4 nitrogen and oxygen atoms in total. The highest BCUT2D eigenvalue weighted by Gasteiger charge is 2.15. The Morgan fingerprint density at radius 1 is 0.800 bits per heavy atom. The van der Waals surface area contributed by atoms with E-state index in [1.54, 1.807) is 0 Å². The van der Waals surface area contributed by atoms with Crippen LogP contribution in [-0.2, 0) is 0 Å². The third-order valence-corrected chi connectivity index (χ3v) is 5.44. The molecule has 0 saturated heterocycles. The topological polar surface area (TPSA) is 73.9 Å². The Morgan fingerprint density at radius 2 is 1.40 bits per heavy atom. The number of nitrogens with two attached hydrogens (primary N) is 1. The monoisotopic (exact) mass is 346 g/mol. The molecule has 1 heterocycles. The molecule has 0 spiro atoms. The molecule has 0 bridgehead atoms. The van der Waals surface area contributed by atoms with Crippen LogP contribution in [0.25, 0.3) is 0 Å². The van der Waals surface area contributed by atoms with E-state index < -0.39 is 0 Å². The van der Waals surface area contributed by atoms with Gasteiger partial charge in [-0.15, -0.1) is 0 Å². The molecule has 25 heavy (non-hydrogen) atoms. The van der Waals surface area contributed by atoms with Gasteiger partial charge in [0.25, 0.3) is 0 Å². The highest BCUT2D eigenvalue weighted by molar-refractivity contribution is 5.95. The minimum absolute atomic E-state index is 0.164. The van der Waals surface area contributed by atoms with Crippen molar-refractivity contribution in [1.82, 2.24) is 10.9 Å². The summed E-state index contributed by atoms with van der Waals surface area (Å²) in [4.78, 5) is 0. The van der Waals surface area contributed by atoms with Crippen LogP contribution in [0.4, 0.5) is 0 Å². The molecule has 0 aromatic carbocycles. The van der Waals surface area contributed by atoms with Gasteiger partial charge in [0.15, 0.2) is 0 Å². The van der Waals surface area contributed by atoms with Crippen LogP contribution in [0.1, 0.15) is 96.3 Å². The molecule has 2 rings (SSSR count). The molecular formula is C21H38N4.